The van der Waals surface area contributed by atoms with Gasteiger partial charge in [0, 0.05) is 12.0 Å². The molecule has 0 amide bonds. The molecule has 0 unspecified atom stereocenters. The van der Waals surface area contributed by atoms with Crippen molar-refractivity contribution in [1.82, 2.24) is 0 Å². The molecule has 4 fully saturated rings. The van der Waals surface area contributed by atoms with Gasteiger partial charge in [0.1, 0.15) is 0 Å². The second kappa shape index (κ2) is 4.96. The quantitative estimate of drug-likeness (QED) is 0.773. The lowest BCUT2D eigenvalue weighted by molar-refractivity contribution is -0.123. The van der Waals surface area contributed by atoms with Gasteiger partial charge in [0.25, 0.3) is 0 Å². The van der Waals surface area contributed by atoms with Gasteiger partial charge in [-0.15, -0.1) is 0 Å². The number of nitrogens with two attached hydrogens (primary N) is 1. The maximum Gasteiger partial charge on any atom is 0.0611 e. The van der Waals surface area contributed by atoms with Crippen LogP contribution in [0.4, 0.5) is 0 Å². The van der Waals surface area contributed by atoms with Crippen LogP contribution < -0.4 is 5.73 Å². The van der Waals surface area contributed by atoms with Gasteiger partial charge in [-0.05, 0) is 80.5 Å². The summed E-state index contributed by atoms with van der Waals surface area (Å²) in [4.78, 5) is 0. The first kappa shape index (κ1) is 14.5. The molecule has 0 aromatic heterocycles. The van der Waals surface area contributed by atoms with Crippen molar-refractivity contribution in [3.05, 3.63) is 0 Å². The van der Waals surface area contributed by atoms with Crippen LogP contribution in [0.5, 0.6) is 0 Å². The Labute approximate surface area is 129 Å². The predicted molar refractivity (Wildman–Crippen MR) is 85.7 cm³/mol. The molecule has 0 bridgehead atoms. The summed E-state index contributed by atoms with van der Waals surface area (Å²) in [5.74, 6) is 3.49. The van der Waals surface area contributed by atoms with Gasteiger partial charge in [0.05, 0.1) is 6.10 Å². The lowest BCUT2D eigenvalue weighted by atomic mass is 9.45. The van der Waals surface area contributed by atoms with Crippen LogP contribution in [-0.4, -0.2) is 17.8 Å². The molecule has 4 saturated carbocycles. The Morgan fingerprint density at radius 2 is 1.81 bits per heavy atom. The van der Waals surface area contributed by atoms with E-state index in [2.05, 4.69) is 6.92 Å². The fourth-order valence-electron chi connectivity index (χ4n) is 7.47. The average Bonchev–Trinajstić information content (AvgIpc) is 2.84. The molecule has 0 radical (unpaired) electrons. The van der Waals surface area contributed by atoms with E-state index in [-0.39, 0.29) is 11.5 Å². The van der Waals surface area contributed by atoms with Crippen LogP contribution >= 0.6 is 0 Å². The molecule has 4 aliphatic carbocycles. The second-order valence-electron chi connectivity index (χ2n) is 8.97. The number of fused-ring (bicyclic) bond motifs is 5. The Morgan fingerprint density at radius 3 is 2.62 bits per heavy atom. The average molecular weight is 291 g/mol. The van der Waals surface area contributed by atoms with Crippen LogP contribution in [-0.2, 0) is 0 Å². The molecule has 120 valence electrons. The predicted octanol–water partition coefficient (Wildman–Crippen LogP) is 3.72. The lowest BCUT2D eigenvalue weighted by Crippen LogP contribution is -2.56. The van der Waals surface area contributed by atoms with E-state index in [0.717, 1.165) is 30.1 Å². The van der Waals surface area contributed by atoms with Gasteiger partial charge in [-0.3, -0.25) is 0 Å². The topological polar surface area (TPSA) is 46.2 Å². The number of rotatable bonds is 1. The molecule has 0 heterocycles. The van der Waals surface area contributed by atoms with E-state index < -0.39 is 0 Å². The van der Waals surface area contributed by atoms with Gasteiger partial charge in [-0.1, -0.05) is 19.8 Å². The third kappa shape index (κ3) is 1.84. The van der Waals surface area contributed by atoms with Crippen LogP contribution in [0.15, 0.2) is 0 Å². The summed E-state index contributed by atoms with van der Waals surface area (Å²) in [6.07, 6.45) is 13.4. The third-order valence-electron chi connectivity index (χ3n) is 8.63. The molecular weight excluding hydrogens is 258 g/mol. The van der Waals surface area contributed by atoms with Gasteiger partial charge in [-0.2, -0.15) is 0 Å². The second-order valence-corrected chi connectivity index (χ2v) is 8.97. The fourth-order valence-corrected chi connectivity index (χ4v) is 7.47. The van der Waals surface area contributed by atoms with E-state index in [9.17, 15) is 5.11 Å². The normalized spacial score (nSPS) is 56.4. The minimum atomic E-state index is -0.120. The van der Waals surface area contributed by atoms with E-state index in [1.807, 2.05) is 0 Å². The van der Waals surface area contributed by atoms with E-state index in [4.69, 9.17) is 5.73 Å². The highest BCUT2D eigenvalue weighted by molar-refractivity contribution is 5.10. The largest absolute Gasteiger partial charge is 0.392 e. The van der Waals surface area contributed by atoms with E-state index in [1.54, 1.807) is 0 Å². The van der Waals surface area contributed by atoms with Crippen LogP contribution in [0.3, 0.4) is 0 Å². The standard InChI is InChI=1S/C19H33NO/c1-18-10-3-2-4-13(18)5-6-14-15(18)9-11-19(12-20)16(14)7-8-17(19)21/h13-17,21H,2-12,20H2,1H3/t13-,14-,15+,16+,17+,18+,19-/m1/s1. The zero-order valence-electron chi connectivity index (χ0n) is 13.7. The van der Waals surface area contributed by atoms with Crippen LogP contribution in [0.2, 0.25) is 0 Å². The summed E-state index contributed by atoms with van der Waals surface area (Å²) in [6.45, 7) is 3.33. The molecular formula is C19H33NO. The highest BCUT2D eigenvalue weighted by Crippen LogP contribution is 2.66. The Bertz CT molecular complexity index is 410. The summed E-state index contributed by atoms with van der Waals surface area (Å²) < 4.78 is 0. The summed E-state index contributed by atoms with van der Waals surface area (Å²) in [5, 5.41) is 10.6. The minimum absolute atomic E-state index is 0.0824. The summed E-state index contributed by atoms with van der Waals surface area (Å²) >= 11 is 0. The summed E-state index contributed by atoms with van der Waals surface area (Å²) in [6, 6.07) is 0. The van der Waals surface area contributed by atoms with Gasteiger partial charge >= 0.3 is 0 Å². The fraction of sp³-hybridized carbons (Fsp3) is 1.00. The van der Waals surface area contributed by atoms with Crippen molar-refractivity contribution in [3.8, 4) is 0 Å². The molecule has 0 aromatic carbocycles. The summed E-state index contributed by atoms with van der Waals surface area (Å²) in [7, 11) is 0. The van der Waals surface area contributed by atoms with Crippen molar-refractivity contribution in [1.29, 1.82) is 0 Å². The van der Waals surface area contributed by atoms with Crippen LogP contribution in [0, 0.1) is 34.5 Å². The first-order valence-electron chi connectivity index (χ1n) is 9.50. The van der Waals surface area contributed by atoms with Crippen LogP contribution in [0.1, 0.15) is 71.1 Å². The minimum Gasteiger partial charge on any atom is -0.392 e. The first-order chi connectivity index (χ1) is 10.1. The van der Waals surface area contributed by atoms with Crippen molar-refractivity contribution in [2.45, 2.75) is 77.2 Å². The van der Waals surface area contributed by atoms with E-state index in [1.165, 1.54) is 57.8 Å². The third-order valence-corrected chi connectivity index (χ3v) is 8.63. The Kier molecular flexibility index (Phi) is 3.43. The van der Waals surface area contributed by atoms with Crippen molar-refractivity contribution in [2.75, 3.05) is 6.54 Å². The molecule has 2 heteroatoms. The molecule has 0 aromatic rings. The highest BCUT2D eigenvalue weighted by Gasteiger charge is 2.60. The zero-order chi connectivity index (χ0) is 14.7. The molecule has 21 heavy (non-hydrogen) atoms. The first-order valence-corrected chi connectivity index (χ1v) is 9.50. The molecule has 7 atom stereocenters. The van der Waals surface area contributed by atoms with Crippen molar-refractivity contribution in [3.63, 3.8) is 0 Å². The van der Waals surface area contributed by atoms with Crippen molar-refractivity contribution >= 4 is 0 Å². The summed E-state index contributed by atoms with van der Waals surface area (Å²) in [5.41, 5.74) is 6.89. The van der Waals surface area contributed by atoms with Gasteiger partial charge in [-0.25, -0.2) is 0 Å². The molecule has 4 aliphatic rings. The zero-order valence-corrected chi connectivity index (χ0v) is 13.7. The Morgan fingerprint density at radius 1 is 0.952 bits per heavy atom. The molecule has 0 spiro atoms. The number of hydrogen-bond acceptors (Lipinski definition) is 2. The SMILES string of the molecule is C[C@]12CCCC[C@@H]1CC[C@@H]1[C@@H]2CC[C@]2(CN)[C@@H](O)CC[C@@H]12. The van der Waals surface area contributed by atoms with Gasteiger partial charge in [0.2, 0.25) is 0 Å². The lowest BCUT2D eigenvalue weighted by Gasteiger charge is -2.60. The van der Waals surface area contributed by atoms with Crippen molar-refractivity contribution in [2.24, 2.45) is 40.2 Å². The van der Waals surface area contributed by atoms with Crippen molar-refractivity contribution < 1.29 is 5.11 Å². The maximum atomic E-state index is 10.6. The molecule has 0 saturated heterocycles. The molecule has 2 nitrogen and oxygen atoms in total. The monoisotopic (exact) mass is 291 g/mol. The van der Waals surface area contributed by atoms with Gasteiger partial charge < -0.3 is 10.8 Å². The highest BCUT2D eigenvalue weighted by atomic mass is 16.3. The molecule has 0 aliphatic heterocycles. The smallest absolute Gasteiger partial charge is 0.0611 e. The maximum absolute atomic E-state index is 10.6. The van der Waals surface area contributed by atoms with Gasteiger partial charge in [0.15, 0.2) is 0 Å². The number of aliphatic hydroxyl groups is 1. The van der Waals surface area contributed by atoms with E-state index >= 15 is 0 Å². The number of aliphatic hydroxyl groups excluding tert-OH is 1. The van der Waals surface area contributed by atoms with Crippen LogP contribution in [0.25, 0.3) is 0 Å². The molecule has 3 N–H and O–H groups in total. The Hall–Kier alpha value is -0.0800. The molecule has 4 rings (SSSR count). The van der Waals surface area contributed by atoms with E-state index in [0.29, 0.717) is 12.0 Å². The number of hydrogen-bond donors (Lipinski definition) is 2. The Balaban J connectivity index is 1.65.